The van der Waals surface area contributed by atoms with Crippen LogP contribution >= 0.6 is 0 Å². The molecule has 1 aliphatic rings. The fourth-order valence-electron chi connectivity index (χ4n) is 2.32. The van der Waals surface area contributed by atoms with Crippen molar-refractivity contribution in [2.75, 3.05) is 20.3 Å². The number of benzene rings is 1. The first-order chi connectivity index (χ1) is 11.9. The highest BCUT2D eigenvalue weighted by Gasteiger charge is 2.40. The second-order valence-corrected chi connectivity index (χ2v) is 6.16. The fourth-order valence-corrected chi connectivity index (χ4v) is 2.32. The summed E-state index contributed by atoms with van der Waals surface area (Å²) in [5.41, 5.74) is 0.942. The summed E-state index contributed by atoms with van der Waals surface area (Å²) < 4.78 is 31.2. The van der Waals surface area contributed by atoms with Gasteiger partial charge < -0.3 is 9.64 Å². The Balaban J connectivity index is 1.73. The Morgan fingerprint density at radius 3 is 2.40 bits per heavy atom. The van der Waals surface area contributed by atoms with Crippen molar-refractivity contribution in [1.29, 1.82) is 0 Å². The zero-order valence-corrected chi connectivity index (χ0v) is 13.8. The van der Waals surface area contributed by atoms with Crippen LogP contribution in [0.1, 0.15) is 28.5 Å². The van der Waals surface area contributed by atoms with Gasteiger partial charge in [-0.25, -0.2) is 13.8 Å². The van der Waals surface area contributed by atoms with Crippen molar-refractivity contribution >= 4 is 5.91 Å². The van der Waals surface area contributed by atoms with Gasteiger partial charge in [-0.15, -0.1) is 0 Å². The Kier molecular flexibility index (Phi) is 4.51. The van der Waals surface area contributed by atoms with Gasteiger partial charge in [-0.3, -0.25) is 4.79 Å². The van der Waals surface area contributed by atoms with E-state index in [1.54, 1.807) is 24.1 Å². The SMILES string of the molecule is CN(C(=O)c1ccc(C#Cc2ccc(F)c(F)c2)cn1)C1(C)COC1. The molecule has 2 heterocycles. The third-order valence-corrected chi connectivity index (χ3v) is 4.19. The Bertz CT molecular complexity index is 865. The highest BCUT2D eigenvalue weighted by Crippen LogP contribution is 2.24. The van der Waals surface area contributed by atoms with Crippen molar-refractivity contribution in [1.82, 2.24) is 9.88 Å². The Morgan fingerprint density at radius 1 is 1.16 bits per heavy atom. The molecule has 3 rings (SSSR count). The van der Waals surface area contributed by atoms with E-state index < -0.39 is 11.6 Å². The van der Waals surface area contributed by atoms with E-state index in [9.17, 15) is 13.6 Å². The summed E-state index contributed by atoms with van der Waals surface area (Å²) in [5.74, 6) is 3.50. The first kappa shape index (κ1) is 17.1. The smallest absolute Gasteiger partial charge is 0.272 e. The third kappa shape index (κ3) is 3.52. The Labute approximate surface area is 144 Å². The molecule has 1 aromatic carbocycles. The zero-order chi connectivity index (χ0) is 18.0. The van der Waals surface area contributed by atoms with Gasteiger partial charge in [0.15, 0.2) is 11.6 Å². The summed E-state index contributed by atoms with van der Waals surface area (Å²) in [7, 11) is 1.73. The number of halogens is 2. The summed E-state index contributed by atoms with van der Waals surface area (Å²) >= 11 is 0. The highest BCUT2D eigenvalue weighted by atomic mass is 19.2. The van der Waals surface area contributed by atoms with Crippen LogP contribution in [0, 0.1) is 23.5 Å². The number of carbonyl (C=O) groups is 1. The van der Waals surface area contributed by atoms with E-state index in [1.165, 1.54) is 12.3 Å². The molecule has 0 bridgehead atoms. The van der Waals surface area contributed by atoms with Gasteiger partial charge >= 0.3 is 0 Å². The molecule has 1 fully saturated rings. The van der Waals surface area contributed by atoms with Crippen LogP contribution in [-0.4, -0.2) is 41.6 Å². The number of hydrogen-bond acceptors (Lipinski definition) is 3. The average Bonchev–Trinajstić information content (AvgIpc) is 2.60. The first-order valence-electron chi connectivity index (χ1n) is 7.68. The standard InChI is InChI=1S/C19H16F2N2O2/c1-19(11-25-12-19)23(2)18(24)17-8-6-14(10-22-17)4-3-13-5-7-15(20)16(21)9-13/h5-10H,11-12H2,1-2H3. The van der Waals surface area contributed by atoms with E-state index in [4.69, 9.17) is 4.74 Å². The zero-order valence-electron chi connectivity index (χ0n) is 13.8. The molecule has 2 aromatic rings. The van der Waals surface area contributed by atoms with Gasteiger partial charge in [0.25, 0.3) is 5.91 Å². The van der Waals surface area contributed by atoms with Gasteiger partial charge in [0.05, 0.1) is 18.8 Å². The maximum atomic E-state index is 13.1. The predicted octanol–water partition coefficient (Wildman–Crippen LogP) is 2.62. The van der Waals surface area contributed by atoms with Crippen LogP contribution in [0.25, 0.3) is 0 Å². The molecule has 0 atom stereocenters. The first-order valence-corrected chi connectivity index (χ1v) is 7.68. The third-order valence-electron chi connectivity index (χ3n) is 4.19. The highest BCUT2D eigenvalue weighted by molar-refractivity contribution is 5.92. The number of ether oxygens (including phenoxy) is 1. The predicted molar refractivity (Wildman–Crippen MR) is 87.9 cm³/mol. The molecule has 0 radical (unpaired) electrons. The molecule has 0 N–H and O–H groups in total. The molecule has 0 aliphatic carbocycles. The van der Waals surface area contributed by atoms with Gasteiger partial charge in [0.1, 0.15) is 5.69 Å². The summed E-state index contributed by atoms with van der Waals surface area (Å²) in [6, 6.07) is 6.72. The fraction of sp³-hybridized carbons (Fsp3) is 0.263. The molecular formula is C19H16F2N2O2. The number of rotatable bonds is 2. The number of aromatic nitrogens is 1. The second kappa shape index (κ2) is 6.61. The van der Waals surface area contributed by atoms with Gasteiger partial charge in [0.2, 0.25) is 0 Å². The van der Waals surface area contributed by atoms with Gasteiger partial charge in [-0.1, -0.05) is 11.8 Å². The van der Waals surface area contributed by atoms with Crippen LogP contribution in [0.15, 0.2) is 36.5 Å². The molecule has 6 heteroatoms. The lowest BCUT2D eigenvalue weighted by Crippen LogP contribution is -2.60. The topological polar surface area (TPSA) is 42.4 Å². The Hall–Kier alpha value is -2.78. The van der Waals surface area contributed by atoms with Crippen LogP contribution in [0.3, 0.4) is 0 Å². The lowest BCUT2D eigenvalue weighted by atomic mass is 9.98. The number of likely N-dealkylation sites (N-methyl/N-ethyl adjacent to an activating group) is 1. The average molecular weight is 342 g/mol. The molecule has 25 heavy (non-hydrogen) atoms. The largest absolute Gasteiger partial charge is 0.376 e. The number of amides is 1. The monoisotopic (exact) mass is 342 g/mol. The van der Waals surface area contributed by atoms with Crippen molar-refractivity contribution < 1.29 is 18.3 Å². The van der Waals surface area contributed by atoms with E-state index in [1.807, 2.05) is 6.92 Å². The van der Waals surface area contributed by atoms with Gasteiger partial charge in [-0.05, 0) is 37.3 Å². The van der Waals surface area contributed by atoms with Crippen LogP contribution in [0.4, 0.5) is 8.78 Å². The van der Waals surface area contributed by atoms with Crippen LogP contribution < -0.4 is 0 Å². The number of carbonyl (C=O) groups excluding carboxylic acids is 1. The number of nitrogens with zero attached hydrogens (tertiary/aromatic N) is 2. The normalized spacial score (nSPS) is 14.9. The van der Waals surface area contributed by atoms with Crippen LogP contribution in [0.2, 0.25) is 0 Å². The van der Waals surface area contributed by atoms with E-state index in [2.05, 4.69) is 16.8 Å². The van der Waals surface area contributed by atoms with Crippen molar-refractivity contribution in [3.05, 3.63) is 65.0 Å². The number of hydrogen-bond donors (Lipinski definition) is 0. The van der Waals surface area contributed by atoms with E-state index in [0.717, 1.165) is 12.1 Å². The molecule has 1 aromatic heterocycles. The van der Waals surface area contributed by atoms with Crippen LogP contribution in [-0.2, 0) is 4.74 Å². The quantitative estimate of drug-likeness (QED) is 0.788. The molecule has 0 saturated carbocycles. The van der Waals surface area contributed by atoms with E-state index in [0.29, 0.717) is 30.0 Å². The lowest BCUT2D eigenvalue weighted by Gasteiger charge is -2.45. The maximum absolute atomic E-state index is 13.1. The molecule has 128 valence electrons. The molecular weight excluding hydrogens is 326 g/mol. The molecule has 4 nitrogen and oxygen atoms in total. The second-order valence-electron chi connectivity index (χ2n) is 6.16. The van der Waals surface area contributed by atoms with Crippen molar-refractivity contribution in [3.63, 3.8) is 0 Å². The molecule has 0 spiro atoms. The van der Waals surface area contributed by atoms with Crippen molar-refractivity contribution in [2.24, 2.45) is 0 Å². The minimum absolute atomic E-state index is 0.189. The lowest BCUT2D eigenvalue weighted by molar-refractivity contribution is -0.108. The molecule has 1 amide bonds. The summed E-state index contributed by atoms with van der Waals surface area (Å²) in [4.78, 5) is 18.2. The number of pyridine rings is 1. The molecule has 1 aliphatic heterocycles. The molecule has 1 saturated heterocycles. The van der Waals surface area contributed by atoms with E-state index in [-0.39, 0.29) is 11.4 Å². The van der Waals surface area contributed by atoms with Crippen LogP contribution in [0.5, 0.6) is 0 Å². The van der Waals surface area contributed by atoms with Gasteiger partial charge in [0, 0.05) is 24.4 Å². The summed E-state index contributed by atoms with van der Waals surface area (Å²) in [6.45, 7) is 2.97. The van der Waals surface area contributed by atoms with Crippen molar-refractivity contribution in [3.8, 4) is 11.8 Å². The minimum atomic E-state index is -0.942. The summed E-state index contributed by atoms with van der Waals surface area (Å²) in [6.07, 6.45) is 1.48. The Morgan fingerprint density at radius 2 is 1.84 bits per heavy atom. The van der Waals surface area contributed by atoms with E-state index >= 15 is 0 Å². The van der Waals surface area contributed by atoms with Gasteiger partial charge in [-0.2, -0.15) is 0 Å². The maximum Gasteiger partial charge on any atom is 0.272 e. The minimum Gasteiger partial charge on any atom is -0.376 e. The summed E-state index contributed by atoms with van der Waals surface area (Å²) in [5, 5.41) is 0. The molecule has 0 unspecified atom stereocenters. The van der Waals surface area contributed by atoms with Crippen molar-refractivity contribution in [2.45, 2.75) is 12.5 Å².